The number of nitrogens with zero attached hydrogens (tertiary/aromatic N) is 18. The molecular weight excluding hydrogens is 1510 g/mol. The number of ketones is 2. The van der Waals surface area contributed by atoms with Crippen LogP contribution in [0.4, 0.5) is 0 Å². The number of hydrogen-bond acceptors (Lipinski definition) is 18. The van der Waals surface area contributed by atoms with Crippen molar-refractivity contribution in [2.45, 2.75) is 174 Å². The van der Waals surface area contributed by atoms with E-state index in [9.17, 15) is 19.5 Å². The van der Waals surface area contributed by atoms with E-state index in [0.717, 1.165) is 98.9 Å². The zero-order chi connectivity index (χ0) is 80.3. The number of aromatic carboxylic acids is 1. The van der Waals surface area contributed by atoms with Crippen LogP contribution >= 0.6 is 34.8 Å². The van der Waals surface area contributed by atoms with Gasteiger partial charge in [-0.25, -0.2) is 34.7 Å². The van der Waals surface area contributed by atoms with E-state index in [4.69, 9.17) is 79.8 Å². The van der Waals surface area contributed by atoms with E-state index in [0.29, 0.717) is 102 Å². The van der Waals surface area contributed by atoms with Crippen LogP contribution in [-0.4, -0.2) is 131 Å². The van der Waals surface area contributed by atoms with Crippen molar-refractivity contribution in [1.29, 1.82) is 0 Å². The summed E-state index contributed by atoms with van der Waals surface area (Å²) < 4.78 is 17.2. The summed E-state index contributed by atoms with van der Waals surface area (Å²) in [6.07, 6.45) is 47.9. The predicted octanol–water partition coefficient (Wildman–Crippen LogP) is 13.8. The molecule has 586 valence electrons. The van der Waals surface area contributed by atoms with Crippen LogP contribution < -0.4 is 5.73 Å². The van der Waals surface area contributed by atoms with Crippen molar-refractivity contribution in [2.24, 2.45) is 5.73 Å². The minimum Gasteiger partial charge on any atom is -0.478 e. The number of imidazole rings is 6. The summed E-state index contributed by atoms with van der Waals surface area (Å²) in [5.41, 5.74) is 24.8. The van der Waals surface area contributed by atoms with Crippen molar-refractivity contribution >= 4 is 98.1 Å². The summed E-state index contributed by atoms with van der Waals surface area (Å²) >= 11 is 18.1. The molecular formula is C83H84Cl3N19O9. The maximum absolute atomic E-state index is 12.9. The quantitative estimate of drug-likeness (QED) is 0.0447. The van der Waals surface area contributed by atoms with Gasteiger partial charge in [-0.2, -0.15) is 34.5 Å². The molecule has 0 bridgehead atoms. The van der Waals surface area contributed by atoms with Crippen molar-refractivity contribution < 1.29 is 43.8 Å². The Morgan fingerprint density at radius 3 is 1.14 bits per heavy atom. The number of halogens is 3. The molecule has 3 saturated carbocycles. The molecule has 0 atom stereocenters. The Bertz CT molecular complexity index is 6030. The SMILES string of the molecule is CC(C)(O)Cc1cc(C2CC2)cn2cc(Cn3cc(C(=O)CCc4ncn5ccc(Cl)cc45)cn3)nc12.CCCc1cc(C2CC2)cn2cc(Cn3cc(C(=O)CCc4ncn5ccc(Cl)cc45)cn3)nc12.CCCc1cc(C2CC2)cn2cc(Cn3cc(C(=O)O)cn3)nc12.NCc1ncn2ccc(Cl)cc12.O=C=O.O=C=O. The molecule has 18 rings (SSSR count). The highest BCUT2D eigenvalue weighted by Gasteiger charge is 2.29. The monoisotopic (exact) mass is 1600 g/mol. The minimum atomic E-state index is -0.962. The van der Waals surface area contributed by atoms with Gasteiger partial charge in [0, 0.05) is 115 Å². The van der Waals surface area contributed by atoms with Crippen LogP contribution in [0, 0.1) is 0 Å². The Morgan fingerprint density at radius 2 is 0.807 bits per heavy atom. The number of carboxylic acids is 1. The van der Waals surface area contributed by atoms with E-state index in [2.05, 4.69) is 100 Å². The Kier molecular flexibility index (Phi) is 25.2. The Balaban J connectivity index is 0.000000136. The smallest absolute Gasteiger partial charge is 0.373 e. The third-order valence-corrected chi connectivity index (χ3v) is 20.5. The average Bonchev–Trinajstić information content (AvgIpc) is 1.63. The van der Waals surface area contributed by atoms with Crippen LogP contribution in [0.5, 0.6) is 0 Å². The second kappa shape index (κ2) is 35.9. The first kappa shape index (κ1) is 80.2. The molecule has 0 spiro atoms. The molecule has 3 aliphatic rings. The number of rotatable bonds is 25. The molecule has 0 amide bonds. The van der Waals surface area contributed by atoms with Gasteiger partial charge in [-0.3, -0.25) is 23.6 Å². The van der Waals surface area contributed by atoms with Crippen molar-refractivity contribution in [3.8, 4) is 0 Å². The first-order chi connectivity index (χ1) is 55.1. The van der Waals surface area contributed by atoms with Gasteiger partial charge in [-0.05, 0) is 166 Å². The molecule has 4 N–H and O–H groups in total. The van der Waals surface area contributed by atoms with E-state index in [1.807, 2.05) is 101 Å². The Labute approximate surface area is 668 Å². The van der Waals surface area contributed by atoms with Crippen molar-refractivity contribution in [2.75, 3.05) is 0 Å². The number of aryl methyl sites for hydroxylation is 4. The number of pyridine rings is 6. The fraction of sp³-hybridized carbons (Fsp3) is 0.325. The van der Waals surface area contributed by atoms with Gasteiger partial charge in [0.15, 0.2) is 11.6 Å². The van der Waals surface area contributed by atoms with Crippen LogP contribution in [0.1, 0.15) is 208 Å². The molecule has 0 saturated heterocycles. The number of aliphatic hydroxyl groups is 1. The zero-order valence-electron chi connectivity index (χ0n) is 63.3. The topological polar surface area (TPSA) is 343 Å². The fourth-order valence-electron chi connectivity index (χ4n) is 14.0. The number of carbonyl (C=O) groups excluding carboxylic acids is 6. The number of hydrogen-bond donors (Lipinski definition) is 3. The van der Waals surface area contributed by atoms with Crippen molar-refractivity contribution in [1.82, 2.24) is 85.6 Å². The number of fused-ring (bicyclic) bond motifs is 6. The maximum Gasteiger partial charge on any atom is 0.373 e. The first-order valence-corrected chi connectivity index (χ1v) is 38.8. The predicted molar refractivity (Wildman–Crippen MR) is 424 cm³/mol. The number of aromatic nitrogens is 18. The molecule has 15 aromatic rings. The Morgan fingerprint density at radius 1 is 0.474 bits per heavy atom. The summed E-state index contributed by atoms with van der Waals surface area (Å²) in [7, 11) is 0. The highest BCUT2D eigenvalue weighted by atomic mass is 35.5. The first-order valence-electron chi connectivity index (χ1n) is 37.7. The number of carbonyl (C=O) groups is 3. The summed E-state index contributed by atoms with van der Waals surface area (Å²) in [5.74, 6) is 1.13. The largest absolute Gasteiger partial charge is 0.478 e. The molecule has 114 heavy (non-hydrogen) atoms. The van der Waals surface area contributed by atoms with Crippen molar-refractivity contribution in [3.63, 3.8) is 0 Å². The lowest BCUT2D eigenvalue weighted by molar-refractivity contribution is -0.193. The molecule has 28 nitrogen and oxygen atoms in total. The second-order valence-corrected chi connectivity index (χ2v) is 30.7. The lowest BCUT2D eigenvalue weighted by Gasteiger charge is -2.18. The van der Waals surface area contributed by atoms with Gasteiger partial charge in [0.1, 0.15) is 16.9 Å². The van der Waals surface area contributed by atoms with Gasteiger partial charge < -0.3 is 42.4 Å². The van der Waals surface area contributed by atoms with Gasteiger partial charge in [0.25, 0.3) is 0 Å². The Hall–Kier alpha value is -11.9. The standard InChI is InChI=1S/C28H29ClN6O2.C27H27ClN6O.C18H20N4O2.C8H8ClN3.2CO2/c1-28(2,37)11-19-9-20(18-3-4-18)13-34-15-23(32-27(19)34)16-35-14-21(12-31-35)26(36)6-5-24-25-10-22(29)7-8-33(25)17-30-24;1-2-3-19-10-20(18-4-5-18)13-33-15-23(31-27(19)33)16-34-14-21(12-30-34)26(35)7-6-24-25-11-22(28)8-9-32(25)17-29-24;1-2-3-13-6-14(12-4-5-12)8-21-10-16(20-17(13)21)11-22-9-15(7-19-22)18(23)24;9-6-1-2-12-5-11-7(4-10)8(12)3-6;2*2-1-3/h7-10,12-15,17-18,37H,3-6,11,16H2,1-2H3;8-15,17-18H,2-7,16H2,1H3;6-10,12H,2-5,11H2,1H3,(H,23,24);1-3,5H,4,10H2;;. The van der Waals surface area contributed by atoms with Crippen LogP contribution in [0.25, 0.3) is 33.5 Å². The second-order valence-electron chi connectivity index (χ2n) is 29.4. The van der Waals surface area contributed by atoms with E-state index in [1.165, 1.54) is 78.7 Å². The normalized spacial score (nSPS) is 13.1. The number of nitrogens with two attached hydrogens (primary N) is 1. The zero-order valence-corrected chi connectivity index (χ0v) is 65.5. The van der Waals surface area contributed by atoms with Gasteiger partial charge in [-0.15, -0.1) is 0 Å². The minimum absolute atomic E-state index is 0.0194. The molecule has 15 aromatic heterocycles. The van der Waals surface area contributed by atoms with E-state index in [1.54, 1.807) is 51.6 Å². The maximum atomic E-state index is 12.9. The highest BCUT2D eigenvalue weighted by molar-refractivity contribution is 6.31. The number of Topliss-reactive ketones (excluding diaryl/α,β-unsaturated/α-hetero) is 2. The van der Waals surface area contributed by atoms with Crippen molar-refractivity contribution in [3.05, 3.63) is 266 Å². The summed E-state index contributed by atoms with van der Waals surface area (Å²) in [6, 6.07) is 17.9. The molecule has 31 heteroatoms. The van der Waals surface area contributed by atoms with Gasteiger partial charge in [-0.1, -0.05) is 79.7 Å². The molecule has 0 aliphatic heterocycles. The summed E-state index contributed by atoms with van der Waals surface area (Å²) in [5, 5.41) is 34.4. The summed E-state index contributed by atoms with van der Waals surface area (Å²) in [6.45, 7) is 9.94. The van der Waals surface area contributed by atoms with Crippen LogP contribution in [0.15, 0.2) is 167 Å². The van der Waals surface area contributed by atoms with E-state index >= 15 is 0 Å². The average molecular weight is 1600 g/mol. The summed E-state index contributed by atoms with van der Waals surface area (Å²) in [4.78, 5) is 96.7. The lowest BCUT2D eigenvalue weighted by Crippen LogP contribution is -2.22. The fourth-order valence-corrected chi connectivity index (χ4v) is 14.5. The van der Waals surface area contributed by atoms with E-state index in [-0.39, 0.29) is 29.4 Å². The van der Waals surface area contributed by atoms with Gasteiger partial charge in [0.05, 0.1) is 130 Å². The van der Waals surface area contributed by atoms with Crippen LogP contribution in [0.3, 0.4) is 0 Å². The molecule has 0 unspecified atom stereocenters. The highest BCUT2D eigenvalue weighted by Crippen LogP contribution is 2.43. The third-order valence-electron chi connectivity index (χ3n) is 19.8. The lowest BCUT2D eigenvalue weighted by atomic mass is 9.98. The van der Waals surface area contributed by atoms with Gasteiger partial charge in [0.2, 0.25) is 0 Å². The van der Waals surface area contributed by atoms with Crippen LogP contribution in [0.2, 0.25) is 15.1 Å². The third kappa shape index (κ3) is 20.1. The van der Waals surface area contributed by atoms with Gasteiger partial charge >= 0.3 is 18.3 Å². The van der Waals surface area contributed by atoms with Crippen LogP contribution in [-0.2, 0) is 77.5 Å². The molecule has 15 heterocycles. The number of carboxylic acid groups (broad SMARTS) is 1. The van der Waals surface area contributed by atoms with E-state index < -0.39 is 11.6 Å². The molecule has 0 radical (unpaired) electrons. The molecule has 0 aromatic carbocycles. The molecule has 3 aliphatic carbocycles. The molecule has 3 fully saturated rings.